The van der Waals surface area contributed by atoms with Gasteiger partial charge in [-0.1, -0.05) is 12.1 Å². The standard InChI is InChI=1S/C17H27N3O/c1-5-20(16(21)17(2,18)14-8-9-14)12-13-6-10-15(11-7-13)19(3)4/h6-7,10-11,14H,5,8-9,12,18H2,1-4H3. The summed E-state index contributed by atoms with van der Waals surface area (Å²) in [6.45, 7) is 5.20. The first-order chi connectivity index (χ1) is 9.86. The van der Waals surface area contributed by atoms with Crippen LogP contribution in [0.3, 0.4) is 0 Å². The predicted molar refractivity (Wildman–Crippen MR) is 87.2 cm³/mol. The molecule has 1 atom stereocenters. The predicted octanol–water partition coefficient (Wildman–Crippen LogP) is 2.23. The molecule has 21 heavy (non-hydrogen) atoms. The normalized spacial score (nSPS) is 17.2. The molecule has 1 aromatic carbocycles. The second-order valence-corrected chi connectivity index (χ2v) is 6.44. The Balaban J connectivity index is 2.06. The van der Waals surface area contributed by atoms with E-state index in [2.05, 4.69) is 29.2 Å². The Morgan fingerprint density at radius 1 is 1.29 bits per heavy atom. The Bertz CT molecular complexity index is 489. The molecular weight excluding hydrogens is 262 g/mol. The van der Waals surface area contributed by atoms with Crippen molar-refractivity contribution >= 4 is 11.6 Å². The molecule has 0 aliphatic heterocycles. The number of hydrogen-bond donors (Lipinski definition) is 1. The summed E-state index contributed by atoms with van der Waals surface area (Å²) in [7, 11) is 4.04. The second kappa shape index (κ2) is 6.06. The zero-order chi connectivity index (χ0) is 15.6. The van der Waals surface area contributed by atoms with Crippen LogP contribution in [0.25, 0.3) is 0 Å². The quantitative estimate of drug-likeness (QED) is 0.873. The van der Waals surface area contributed by atoms with Crippen molar-refractivity contribution in [2.75, 3.05) is 25.5 Å². The van der Waals surface area contributed by atoms with Crippen LogP contribution in [0.1, 0.15) is 32.3 Å². The molecule has 4 nitrogen and oxygen atoms in total. The molecule has 0 bridgehead atoms. The average Bonchev–Trinajstić information content (AvgIpc) is 3.29. The smallest absolute Gasteiger partial charge is 0.242 e. The van der Waals surface area contributed by atoms with Crippen LogP contribution >= 0.6 is 0 Å². The van der Waals surface area contributed by atoms with Gasteiger partial charge in [-0.05, 0) is 50.3 Å². The topological polar surface area (TPSA) is 49.6 Å². The Kier molecular flexibility index (Phi) is 4.57. The molecule has 1 amide bonds. The lowest BCUT2D eigenvalue weighted by atomic mass is 9.95. The zero-order valence-corrected chi connectivity index (χ0v) is 13.6. The van der Waals surface area contributed by atoms with E-state index in [-0.39, 0.29) is 5.91 Å². The van der Waals surface area contributed by atoms with Gasteiger partial charge in [0.25, 0.3) is 0 Å². The largest absolute Gasteiger partial charge is 0.378 e. The van der Waals surface area contributed by atoms with Crippen molar-refractivity contribution in [2.24, 2.45) is 11.7 Å². The number of anilines is 1. The summed E-state index contributed by atoms with van der Waals surface area (Å²) >= 11 is 0. The van der Waals surface area contributed by atoms with Crippen molar-refractivity contribution in [3.8, 4) is 0 Å². The fourth-order valence-electron chi connectivity index (χ4n) is 2.65. The highest BCUT2D eigenvalue weighted by Gasteiger charge is 2.45. The highest BCUT2D eigenvalue weighted by Crippen LogP contribution is 2.39. The molecule has 1 saturated carbocycles. The number of nitrogens with two attached hydrogens (primary N) is 1. The molecule has 1 aromatic rings. The summed E-state index contributed by atoms with van der Waals surface area (Å²) in [5.41, 5.74) is 7.86. The second-order valence-electron chi connectivity index (χ2n) is 6.44. The average molecular weight is 289 g/mol. The van der Waals surface area contributed by atoms with Gasteiger partial charge in [-0.15, -0.1) is 0 Å². The maximum atomic E-state index is 12.6. The lowest BCUT2D eigenvalue weighted by molar-refractivity contribution is -0.137. The third-order valence-corrected chi connectivity index (χ3v) is 4.38. The van der Waals surface area contributed by atoms with Crippen LogP contribution < -0.4 is 10.6 Å². The Morgan fingerprint density at radius 2 is 1.86 bits per heavy atom. The van der Waals surface area contributed by atoms with E-state index >= 15 is 0 Å². The van der Waals surface area contributed by atoms with Crippen LogP contribution in [0.5, 0.6) is 0 Å². The lowest BCUT2D eigenvalue weighted by Crippen LogP contribution is -2.54. The monoisotopic (exact) mass is 289 g/mol. The number of amides is 1. The van der Waals surface area contributed by atoms with Crippen LogP contribution in [0, 0.1) is 5.92 Å². The van der Waals surface area contributed by atoms with Crippen molar-refractivity contribution < 1.29 is 4.79 Å². The third kappa shape index (κ3) is 3.56. The van der Waals surface area contributed by atoms with Gasteiger partial charge < -0.3 is 15.5 Å². The SMILES string of the molecule is CCN(Cc1ccc(N(C)C)cc1)C(=O)C(C)(N)C1CC1. The van der Waals surface area contributed by atoms with E-state index in [0.717, 1.165) is 24.1 Å². The van der Waals surface area contributed by atoms with Gasteiger partial charge in [0, 0.05) is 32.9 Å². The maximum absolute atomic E-state index is 12.6. The molecule has 1 aliphatic rings. The molecule has 0 saturated heterocycles. The van der Waals surface area contributed by atoms with Gasteiger partial charge in [0.2, 0.25) is 5.91 Å². The van der Waals surface area contributed by atoms with Crippen molar-refractivity contribution in [3.63, 3.8) is 0 Å². The lowest BCUT2D eigenvalue weighted by Gasteiger charge is -2.31. The maximum Gasteiger partial charge on any atom is 0.242 e. The van der Waals surface area contributed by atoms with Gasteiger partial charge >= 0.3 is 0 Å². The van der Waals surface area contributed by atoms with Gasteiger partial charge in [-0.2, -0.15) is 0 Å². The number of hydrogen-bond acceptors (Lipinski definition) is 3. The number of likely N-dealkylation sites (N-methyl/N-ethyl adjacent to an activating group) is 1. The van der Waals surface area contributed by atoms with E-state index < -0.39 is 5.54 Å². The van der Waals surface area contributed by atoms with Gasteiger partial charge in [-0.25, -0.2) is 0 Å². The minimum atomic E-state index is -0.709. The van der Waals surface area contributed by atoms with Crippen LogP contribution in [0.15, 0.2) is 24.3 Å². The van der Waals surface area contributed by atoms with E-state index in [0.29, 0.717) is 19.0 Å². The Labute approximate surface area is 127 Å². The molecule has 4 heteroatoms. The third-order valence-electron chi connectivity index (χ3n) is 4.38. The first-order valence-electron chi connectivity index (χ1n) is 7.70. The van der Waals surface area contributed by atoms with Gasteiger partial charge in [0.05, 0.1) is 5.54 Å². The fraction of sp³-hybridized carbons (Fsp3) is 0.588. The minimum Gasteiger partial charge on any atom is -0.378 e. The van der Waals surface area contributed by atoms with E-state index in [1.807, 2.05) is 32.8 Å². The van der Waals surface area contributed by atoms with E-state index in [1.54, 1.807) is 0 Å². The summed E-state index contributed by atoms with van der Waals surface area (Å²) in [5.74, 6) is 0.430. The molecule has 1 aliphatic carbocycles. The molecule has 2 rings (SSSR count). The number of benzene rings is 1. The Hall–Kier alpha value is -1.55. The molecule has 0 heterocycles. The highest BCUT2D eigenvalue weighted by molar-refractivity contribution is 5.86. The minimum absolute atomic E-state index is 0.0733. The highest BCUT2D eigenvalue weighted by atomic mass is 16.2. The molecular formula is C17H27N3O. The number of carbonyl (C=O) groups excluding carboxylic acids is 1. The van der Waals surface area contributed by atoms with E-state index in [1.165, 1.54) is 0 Å². The van der Waals surface area contributed by atoms with Crippen LogP contribution in [0.2, 0.25) is 0 Å². The number of carbonyl (C=O) groups is 1. The number of nitrogens with zero attached hydrogens (tertiary/aromatic N) is 2. The van der Waals surface area contributed by atoms with Gasteiger partial charge in [0.1, 0.15) is 0 Å². The van der Waals surface area contributed by atoms with Gasteiger partial charge in [-0.3, -0.25) is 4.79 Å². The Morgan fingerprint density at radius 3 is 2.29 bits per heavy atom. The molecule has 1 fully saturated rings. The summed E-state index contributed by atoms with van der Waals surface area (Å²) in [5, 5.41) is 0. The van der Waals surface area contributed by atoms with Crippen LogP contribution in [0.4, 0.5) is 5.69 Å². The van der Waals surface area contributed by atoms with Gasteiger partial charge in [0.15, 0.2) is 0 Å². The van der Waals surface area contributed by atoms with Crippen LogP contribution in [-0.4, -0.2) is 37.0 Å². The zero-order valence-electron chi connectivity index (χ0n) is 13.6. The van der Waals surface area contributed by atoms with E-state index in [4.69, 9.17) is 5.73 Å². The molecule has 0 aromatic heterocycles. The number of rotatable bonds is 6. The summed E-state index contributed by atoms with van der Waals surface area (Å²) < 4.78 is 0. The van der Waals surface area contributed by atoms with Crippen molar-refractivity contribution in [1.29, 1.82) is 0 Å². The van der Waals surface area contributed by atoms with Crippen LogP contribution in [-0.2, 0) is 11.3 Å². The van der Waals surface area contributed by atoms with Crippen molar-refractivity contribution in [2.45, 2.75) is 38.8 Å². The summed E-state index contributed by atoms with van der Waals surface area (Å²) in [4.78, 5) is 16.6. The van der Waals surface area contributed by atoms with Crippen molar-refractivity contribution in [1.82, 2.24) is 4.90 Å². The molecule has 116 valence electrons. The summed E-state index contributed by atoms with van der Waals surface area (Å²) in [6.07, 6.45) is 2.15. The molecule has 2 N–H and O–H groups in total. The molecule has 1 unspecified atom stereocenters. The van der Waals surface area contributed by atoms with E-state index in [9.17, 15) is 4.79 Å². The molecule has 0 radical (unpaired) electrons. The summed E-state index contributed by atoms with van der Waals surface area (Å²) in [6, 6.07) is 8.32. The first-order valence-corrected chi connectivity index (χ1v) is 7.70. The fourth-order valence-corrected chi connectivity index (χ4v) is 2.65. The molecule has 0 spiro atoms. The van der Waals surface area contributed by atoms with Crippen molar-refractivity contribution in [3.05, 3.63) is 29.8 Å². The first kappa shape index (κ1) is 15.8.